The predicted molar refractivity (Wildman–Crippen MR) is 136 cm³/mol. The van der Waals surface area contributed by atoms with Crippen LogP contribution in [0.5, 0.6) is 0 Å². The third-order valence-electron chi connectivity index (χ3n) is 6.30. The van der Waals surface area contributed by atoms with Crippen molar-refractivity contribution in [3.8, 4) is 6.07 Å². The van der Waals surface area contributed by atoms with Crippen molar-refractivity contribution in [3.05, 3.63) is 12.2 Å². The van der Waals surface area contributed by atoms with Crippen LogP contribution in [0.15, 0.2) is 12.2 Å². The van der Waals surface area contributed by atoms with Gasteiger partial charge >= 0.3 is 0 Å². The quantitative estimate of drug-likeness (QED) is 0.107. The van der Waals surface area contributed by atoms with Gasteiger partial charge in [-0.2, -0.15) is 5.26 Å². The third kappa shape index (κ3) is 27.2. The minimum absolute atomic E-state index is 0.735. The zero-order chi connectivity index (χ0) is 21.8. The average Bonchev–Trinajstić information content (AvgIpc) is 2.76. The Morgan fingerprint density at radius 2 is 0.733 bits per heavy atom. The predicted octanol–water partition coefficient (Wildman–Crippen LogP) is 10.8. The summed E-state index contributed by atoms with van der Waals surface area (Å²) >= 11 is 0. The highest BCUT2D eigenvalue weighted by Crippen LogP contribution is 2.14. The molecule has 0 aliphatic rings. The highest BCUT2D eigenvalue weighted by Gasteiger charge is 1.95. The van der Waals surface area contributed by atoms with Gasteiger partial charge in [0, 0.05) is 6.42 Å². The van der Waals surface area contributed by atoms with Crippen molar-refractivity contribution in [2.45, 2.75) is 167 Å². The van der Waals surface area contributed by atoms with Crippen molar-refractivity contribution in [1.82, 2.24) is 0 Å². The summed E-state index contributed by atoms with van der Waals surface area (Å²) in [7, 11) is 0. The van der Waals surface area contributed by atoms with Gasteiger partial charge in [-0.15, -0.1) is 0 Å². The Kier molecular flexibility index (Phi) is 27.5. The number of unbranched alkanes of at least 4 members (excludes halogenated alkanes) is 23. The minimum Gasteiger partial charge on any atom is -0.198 e. The fourth-order valence-corrected chi connectivity index (χ4v) is 4.22. The normalized spacial score (nSPS) is 11.3. The monoisotopic (exact) mass is 417 g/mol. The lowest BCUT2D eigenvalue weighted by Crippen LogP contribution is -1.83. The van der Waals surface area contributed by atoms with Crippen LogP contribution in [-0.4, -0.2) is 0 Å². The van der Waals surface area contributed by atoms with Crippen LogP contribution >= 0.6 is 0 Å². The van der Waals surface area contributed by atoms with Crippen molar-refractivity contribution in [3.63, 3.8) is 0 Å². The molecule has 1 heteroatoms. The zero-order valence-corrected chi connectivity index (χ0v) is 20.8. The summed E-state index contributed by atoms with van der Waals surface area (Å²) in [4.78, 5) is 0. The van der Waals surface area contributed by atoms with E-state index in [4.69, 9.17) is 5.26 Å². The first-order valence-corrected chi connectivity index (χ1v) is 13.9. The molecule has 0 heterocycles. The van der Waals surface area contributed by atoms with Gasteiger partial charge in [0.1, 0.15) is 0 Å². The molecular formula is C29H55N. The van der Waals surface area contributed by atoms with Gasteiger partial charge in [0.05, 0.1) is 6.07 Å². The Balaban J connectivity index is 3.05. The van der Waals surface area contributed by atoms with E-state index in [1.54, 1.807) is 0 Å². The average molecular weight is 418 g/mol. The molecule has 0 aliphatic heterocycles. The topological polar surface area (TPSA) is 23.8 Å². The van der Waals surface area contributed by atoms with Crippen molar-refractivity contribution in [1.29, 1.82) is 5.26 Å². The van der Waals surface area contributed by atoms with Gasteiger partial charge in [0.25, 0.3) is 0 Å². The van der Waals surface area contributed by atoms with Gasteiger partial charge in [-0.25, -0.2) is 0 Å². The zero-order valence-electron chi connectivity index (χ0n) is 20.8. The molecule has 0 saturated carbocycles. The first-order valence-electron chi connectivity index (χ1n) is 13.9. The number of rotatable bonds is 25. The van der Waals surface area contributed by atoms with E-state index in [0.29, 0.717) is 0 Å². The number of allylic oxidation sites excluding steroid dienone is 2. The summed E-state index contributed by atoms with van der Waals surface area (Å²) in [6, 6.07) is 2.22. The molecule has 0 rings (SSSR count). The Bertz CT molecular complexity index is 365. The molecule has 0 saturated heterocycles. The molecule has 0 aromatic heterocycles. The van der Waals surface area contributed by atoms with E-state index in [1.165, 1.54) is 148 Å². The van der Waals surface area contributed by atoms with Crippen molar-refractivity contribution in [2.75, 3.05) is 0 Å². The Morgan fingerprint density at radius 3 is 1.07 bits per heavy atom. The van der Waals surface area contributed by atoms with Crippen LogP contribution in [0.1, 0.15) is 167 Å². The molecule has 0 atom stereocenters. The molecule has 0 aromatic rings. The maximum Gasteiger partial charge on any atom is 0.0621 e. The molecule has 0 bridgehead atoms. The van der Waals surface area contributed by atoms with Gasteiger partial charge in [0.15, 0.2) is 0 Å². The largest absolute Gasteiger partial charge is 0.198 e. The van der Waals surface area contributed by atoms with E-state index in [0.717, 1.165) is 12.8 Å². The second kappa shape index (κ2) is 28.2. The third-order valence-corrected chi connectivity index (χ3v) is 6.30. The minimum atomic E-state index is 0.735. The second-order valence-electron chi connectivity index (χ2n) is 9.38. The van der Waals surface area contributed by atoms with E-state index in [9.17, 15) is 0 Å². The standard InChI is InChI=1S/C29H55N/c1-2-3-4-5-6-7-8-9-10-11-12-13-14-15-16-17-18-19-20-21-22-23-24-25-26-27-28-29-30/h20-21H,2-19,22-28H2,1H3. The SMILES string of the molecule is CCCCCCCCCCCCCCCCCCCC=CCCCCCCCC#N. The van der Waals surface area contributed by atoms with E-state index in [2.05, 4.69) is 25.1 Å². The van der Waals surface area contributed by atoms with Crippen LogP contribution in [0.2, 0.25) is 0 Å². The summed E-state index contributed by atoms with van der Waals surface area (Å²) in [5.41, 5.74) is 0. The summed E-state index contributed by atoms with van der Waals surface area (Å²) in [6.45, 7) is 2.30. The van der Waals surface area contributed by atoms with Crippen LogP contribution in [0.4, 0.5) is 0 Å². The van der Waals surface area contributed by atoms with Crippen molar-refractivity contribution < 1.29 is 0 Å². The van der Waals surface area contributed by atoms with Crippen LogP contribution < -0.4 is 0 Å². The molecule has 0 amide bonds. The molecule has 0 radical (unpaired) electrons. The maximum absolute atomic E-state index is 8.49. The molecule has 176 valence electrons. The van der Waals surface area contributed by atoms with Gasteiger partial charge in [0.2, 0.25) is 0 Å². The fourth-order valence-electron chi connectivity index (χ4n) is 4.22. The highest BCUT2D eigenvalue weighted by atomic mass is 14.2. The Labute approximate surface area is 191 Å². The van der Waals surface area contributed by atoms with Gasteiger partial charge in [-0.3, -0.25) is 0 Å². The molecule has 0 aliphatic carbocycles. The van der Waals surface area contributed by atoms with Gasteiger partial charge in [-0.05, 0) is 32.1 Å². The lowest BCUT2D eigenvalue weighted by molar-refractivity contribution is 0.527. The first kappa shape index (κ1) is 29.2. The smallest absolute Gasteiger partial charge is 0.0621 e. The van der Waals surface area contributed by atoms with E-state index < -0.39 is 0 Å². The lowest BCUT2D eigenvalue weighted by atomic mass is 10.0. The van der Waals surface area contributed by atoms with Crippen LogP contribution in [0, 0.1) is 11.3 Å². The Morgan fingerprint density at radius 1 is 0.433 bits per heavy atom. The molecule has 0 N–H and O–H groups in total. The number of nitrogens with zero attached hydrogens (tertiary/aromatic N) is 1. The number of hydrogen-bond donors (Lipinski definition) is 0. The van der Waals surface area contributed by atoms with E-state index in [1.807, 2.05) is 0 Å². The molecular weight excluding hydrogens is 362 g/mol. The first-order chi connectivity index (χ1) is 14.9. The summed E-state index contributed by atoms with van der Waals surface area (Å²) in [5.74, 6) is 0. The van der Waals surface area contributed by atoms with Gasteiger partial charge < -0.3 is 0 Å². The highest BCUT2D eigenvalue weighted by molar-refractivity contribution is 4.81. The van der Waals surface area contributed by atoms with Gasteiger partial charge in [-0.1, -0.05) is 141 Å². The lowest BCUT2D eigenvalue weighted by Gasteiger charge is -2.03. The van der Waals surface area contributed by atoms with Crippen LogP contribution in [0.3, 0.4) is 0 Å². The fraction of sp³-hybridized carbons (Fsp3) is 0.897. The molecule has 30 heavy (non-hydrogen) atoms. The van der Waals surface area contributed by atoms with E-state index >= 15 is 0 Å². The second-order valence-corrected chi connectivity index (χ2v) is 9.38. The summed E-state index contributed by atoms with van der Waals surface area (Å²) in [6.07, 6.45) is 39.0. The van der Waals surface area contributed by atoms with Crippen LogP contribution in [0.25, 0.3) is 0 Å². The number of hydrogen-bond acceptors (Lipinski definition) is 1. The molecule has 1 nitrogen and oxygen atoms in total. The number of nitriles is 1. The summed E-state index contributed by atoms with van der Waals surface area (Å²) < 4.78 is 0. The van der Waals surface area contributed by atoms with E-state index in [-0.39, 0.29) is 0 Å². The van der Waals surface area contributed by atoms with Crippen molar-refractivity contribution >= 4 is 0 Å². The van der Waals surface area contributed by atoms with Crippen molar-refractivity contribution in [2.24, 2.45) is 0 Å². The molecule has 0 unspecified atom stereocenters. The maximum atomic E-state index is 8.49. The molecule has 0 aromatic carbocycles. The Hall–Kier alpha value is -0.770. The molecule has 0 spiro atoms. The summed E-state index contributed by atoms with van der Waals surface area (Å²) in [5, 5.41) is 8.49. The van der Waals surface area contributed by atoms with Crippen LogP contribution in [-0.2, 0) is 0 Å². The molecule has 0 fully saturated rings.